The number of aromatic amines is 1. The average Bonchev–Trinajstić information content (AvgIpc) is 2.84. The minimum atomic E-state index is -0.461. The maximum Gasteiger partial charge on any atom is 0.271 e. The van der Waals surface area contributed by atoms with Crippen molar-refractivity contribution < 1.29 is 10.0 Å². The first kappa shape index (κ1) is 12.4. The van der Waals surface area contributed by atoms with Gasteiger partial charge in [-0.05, 0) is 24.3 Å². The molecule has 0 unspecified atom stereocenters. The van der Waals surface area contributed by atoms with E-state index in [1.807, 2.05) is 0 Å². The number of phenols is 1. The molecule has 1 aromatic heterocycles. The second-order valence-electron chi connectivity index (χ2n) is 4.21. The molecule has 0 fully saturated rings. The second kappa shape index (κ2) is 4.50. The summed E-state index contributed by atoms with van der Waals surface area (Å²) in [5.41, 5.74) is 1.87. The quantitative estimate of drug-likeness (QED) is 0.558. The molecule has 2 aromatic carbocycles. The van der Waals surface area contributed by atoms with E-state index in [0.717, 1.165) is 0 Å². The molecule has 0 atom stereocenters. The Morgan fingerprint density at radius 1 is 1.25 bits per heavy atom. The van der Waals surface area contributed by atoms with Gasteiger partial charge in [0.25, 0.3) is 5.69 Å². The molecule has 0 aliphatic carbocycles. The lowest BCUT2D eigenvalue weighted by Gasteiger charge is -1.99. The summed E-state index contributed by atoms with van der Waals surface area (Å²) in [5.74, 6) is 0.518. The number of nitrogens with one attached hydrogen (secondary N) is 1. The molecule has 0 saturated heterocycles. The van der Waals surface area contributed by atoms with Crippen molar-refractivity contribution in [1.29, 1.82) is 0 Å². The highest BCUT2D eigenvalue weighted by Gasteiger charge is 2.11. The Labute approximate surface area is 117 Å². The van der Waals surface area contributed by atoms with Crippen LogP contribution in [0.3, 0.4) is 0 Å². The van der Waals surface area contributed by atoms with Gasteiger partial charge in [0, 0.05) is 17.7 Å². The van der Waals surface area contributed by atoms with Gasteiger partial charge in [-0.1, -0.05) is 11.6 Å². The highest BCUT2D eigenvalue weighted by atomic mass is 35.5. The van der Waals surface area contributed by atoms with E-state index >= 15 is 0 Å². The molecule has 3 rings (SSSR count). The summed E-state index contributed by atoms with van der Waals surface area (Å²) in [6, 6.07) is 9.10. The lowest BCUT2D eigenvalue weighted by atomic mass is 10.2. The van der Waals surface area contributed by atoms with Gasteiger partial charge in [0.05, 0.1) is 21.0 Å². The van der Waals surface area contributed by atoms with Crippen LogP contribution in [0.15, 0.2) is 36.4 Å². The molecule has 0 saturated carbocycles. The normalized spacial score (nSPS) is 10.8. The predicted octanol–water partition coefficient (Wildman–Crippen LogP) is 3.50. The predicted molar refractivity (Wildman–Crippen MR) is 74.9 cm³/mol. The van der Waals surface area contributed by atoms with Crippen LogP contribution in [0, 0.1) is 10.1 Å². The third-order valence-corrected chi connectivity index (χ3v) is 3.20. The molecule has 0 aliphatic heterocycles. The second-order valence-corrected chi connectivity index (χ2v) is 4.62. The number of aromatic nitrogens is 2. The van der Waals surface area contributed by atoms with Crippen LogP contribution in [-0.2, 0) is 0 Å². The average molecular weight is 290 g/mol. The maximum absolute atomic E-state index is 10.7. The number of fused-ring (bicyclic) bond motifs is 1. The number of halogens is 1. The molecular formula is C13H8ClN3O3. The van der Waals surface area contributed by atoms with Crippen LogP contribution in [0.5, 0.6) is 5.75 Å². The molecule has 100 valence electrons. The zero-order valence-electron chi connectivity index (χ0n) is 10.0. The van der Waals surface area contributed by atoms with E-state index < -0.39 is 4.92 Å². The molecule has 0 radical (unpaired) electrons. The van der Waals surface area contributed by atoms with Crippen molar-refractivity contribution in [2.45, 2.75) is 0 Å². The fraction of sp³-hybridized carbons (Fsp3) is 0. The molecule has 0 amide bonds. The van der Waals surface area contributed by atoms with Crippen LogP contribution in [0.4, 0.5) is 5.69 Å². The molecule has 0 spiro atoms. The number of hydrogen-bond donors (Lipinski definition) is 2. The summed E-state index contributed by atoms with van der Waals surface area (Å²) in [6.07, 6.45) is 0. The Morgan fingerprint density at radius 3 is 2.75 bits per heavy atom. The number of rotatable bonds is 2. The van der Waals surface area contributed by atoms with Crippen molar-refractivity contribution in [2.75, 3.05) is 0 Å². The summed E-state index contributed by atoms with van der Waals surface area (Å²) in [5, 5.41) is 20.3. The fourth-order valence-corrected chi connectivity index (χ4v) is 2.08. The highest BCUT2D eigenvalue weighted by molar-refractivity contribution is 6.32. The summed E-state index contributed by atoms with van der Waals surface area (Å²) in [7, 11) is 0. The first-order valence-corrected chi connectivity index (χ1v) is 6.05. The van der Waals surface area contributed by atoms with Gasteiger partial charge in [0.2, 0.25) is 0 Å². The van der Waals surface area contributed by atoms with E-state index in [1.54, 1.807) is 18.2 Å². The zero-order valence-corrected chi connectivity index (χ0v) is 10.8. The van der Waals surface area contributed by atoms with Crippen molar-refractivity contribution in [1.82, 2.24) is 9.97 Å². The highest BCUT2D eigenvalue weighted by Crippen LogP contribution is 2.29. The number of hydrogen-bond acceptors (Lipinski definition) is 4. The Morgan fingerprint density at radius 2 is 2.05 bits per heavy atom. The standard InChI is InChI=1S/C13H8ClN3O3/c14-9-5-7(1-4-12(9)18)13-15-10-3-2-8(17(19)20)6-11(10)16-13/h1-6,18H,(H,15,16). The van der Waals surface area contributed by atoms with Gasteiger partial charge >= 0.3 is 0 Å². The van der Waals surface area contributed by atoms with Gasteiger partial charge < -0.3 is 10.1 Å². The van der Waals surface area contributed by atoms with E-state index in [1.165, 1.54) is 18.2 Å². The van der Waals surface area contributed by atoms with Crippen molar-refractivity contribution >= 4 is 28.3 Å². The zero-order chi connectivity index (χ0) is 14.3. The number of nitrogens with zero attached hydrogens (tertiary/aromatic N) is 2. The Balaban J connectivity index is 2.12. The first-order chi connectivity index (χ1) is 9.54. The number of non-ortho nitro benzene ring substituents is 1. The van der Waals surface area contributed by atoms with Crippen LogP contribution >= 0.6 is 11.6 Å². The lowest BCUT2D eigenvalue weighted by Crippen LogP contribution is -1.86. The molecule has 3 aromatic rings. The van der Waals surface area contributed by atoms with Crippen molar-refractivity contribution in [3.63, 3.8) is 0 Å². The van der Waals surface area contributed by atoms with Crippen LogP contribution in [-0.4, -0.2) is 20.0 Å². The van der Waals surface area contributed by atoms with E-state index in [2.05, 4.69) is 9.97 Å². The molecule has 2 N–H and O–H groups in total. The minimum Gasteiger partial charge on any atom is -0.506 e. The number of H-pyrrole nitrogens is 1. The monoisotopic (exact) mass is 289 g/mol. The number of imidazole rings is 1. The van der Waals surface area contributed by atoms with E-state index in [0.29, 0.717) is 22.4 Å². The number of aromatic hydroxyl groups is 1. The van der Waals surface area contributed by atoms with Crippen LogP contribution in [0.1, 0.15) is 0 Å². The smallest absolute Gasteiger partial charge is 0.271 e. The Kier molecular flexibility index (Phi) is 2.80. The minimum absolute atomic E-state index is 0.00330. The molecule has 0 aliphatic rings. The first-order valence-electron chi connectivity index (χ1n) is 5.67. The summed E-state index contributed by atoms with van der Waals surface area (Å²) < 4.78 is 0. The van der Waals surface area contributed by atoms with Gasteiger partial charge in [-0.15, -0.1) is 0 Å². The number of phenolic OH excluding ortho intramolecular Hbond substituents is 1. The van der Waals surface area contributed by atoms with Crippen molar-refractivity contribution in [3.05, 3.63) is 51.5 Å². The molecule has 20 heavy (non-hydrogen) atoms. The summed E-state index contributed by atoms with van der Waals surface area (Å²) in [4.78, 5) is 17.6. The molecule has 6 nitrogen and oxygen atoms in total. The lowest BCUT2D eigenvalue weighted by molar-refractivity contribution is -0.384. The largest absolute Gasteiger partial charge is 0.506 e. The summed E-state index contributed by atoms with van der Waals surface area (Å²) >= 11 is 5.85. The van der Waals surface area contributed by atoms with Gasteiger partial charge in [-0.25, -0.2) is 4.98 Å². The van der Waals surface area contributed by atoms with Crippen LogP contribution in [0.25, 0.3) is 22.4 Å². The maximum atomic E-state index is 10.7. The molecular weight excluding hydrogens is 282 g/mol. The molecule has 7 heteroatoms. The van der Waals surface area contributed by atoms with Gasteiger partial charge in [-0.3, -0.25) is 10.1 Å². The SMILES string of the molecule is O=[N+]([O-])c1ccc2nc(-c3ccc(O)c(Cl)c3)[nH]c2c1. The van der Waals surface area contributed by atoms with Crippen LogP contribution in [0.2, 0.25) is 5.02 Å². The van der Waals surface area contributed by atoms with E-state index in [-0.39, 0.29) is 16.5 Å². The van der Waals surface area contributed by atoms with Crippen LogP contribution < -0.4 is 0 Å². The number of nitro groups is 1. The topological polar surface area (TPSA) is 92.1 Å². The Bertz CT molecular complexity index is 829. The third-order valence-electron chi connectivity index (χ3n) is 2.90. The summed E-state index contributed by atoms with van der Waals surface area (Å²) in [6.45, 7) is 0. The van der Waals surface area contributed by atoms with Gasteiger partial charge in [0.1, 0.15) is 11.6 Å². The fourth-order valence-electron chi connectivity index (χ4n) is 1.90. The van der Waals surface area contributed by atoms with Gasteiger partial charge in [0.15, 0.2) is 0 Å². The van der Waals surface area contributed by atoms with Gasteiger partial charge in [-0.2, -0.15) is 0 Å². The van der Waals surface area contributed by atoms with Crippen molar-refractivity contribution in [2.24, 2.45) is 0 Å². The van der Waals surface area contributed by atoms with Crippen molar-refractivity contribution in [3.8, 4) is 17.1 Å². The number of benzene rings is 2. The van der Waals surface area contributed by atoms with E-state index in [9.17, 15) is 15.2 Å². The van der Waals surface area contributed by atoms with E-state index in [4.69, 9.17) is 11.6 Å². The molecule has 0 bridgehead atoms. The molecule has 1 heterocycles. The number of nitro benzene ring substituents is 1. The third kappa shape index (κ3) is 2.06. The Hall–Kier alpha value is -2.60.